The average molecular weight is 633 g/mol. The van der Waals surface area contributed by atoms with Gasteiger partial charge in [-0.3, -0.25) is 24.0 Å². The van der Waals surface area contributed by atoms with Gasteiger partial charge < -0.3 is 29.8 Å². The summed E-state index contributed by atoms with van der Waals surface area (Å²) in [5.74, 6) is -4.41. The highest BCUT2D eigenvalue weighted by Crippen LogP contribution is 2.14. The number of hydrogen-bond acceptors (Lipinski definition) is 10. The van der Waals surface area contributed by atoms with E-state index in [1.165, 1.54) is 21.1 Å². The maximum atomic E-state index is 12.0. The lowest BCUT2D eigenvalue weighted by molar-refractivity contribution is -0.402. The molecule has 248 valence electrons. The van der Waals surface area contributed by atoms with Gasteiger partial charge in [0.1, 0.15) is 19.0 Å². The molecule has 2 aromatic carbocycles. The minimum absolute atomic E-state index is 0.0135. The van der Waals surface area contributed by atoms with Crippen molar-refractivity contribution < 1.29 is 58.6 Å². The zero-order chi connectivity index (χ0) is 34.4. The Balaban J connectivity index is 0.000000733. The summed E-state index contributed by atoms with van der Waals surface area (Å²) in [6, 6.07) is 18.3. The number of Topliss-reactive ketones (excluding diaryl/α,β-unsaturated/α-hetero) is 1. The van der Waals surface area contributed by atoms with E-state index < -0.39 is 41.6 Å². The second kappa shape index (κ2) is 22.9. The number of rotatable bonds is 14. The highest BCUT2D eigenvalue weighted by atomic mass is 16.5. The number of benzene rings is 2. The number of aliphatic carboxylic acids is 1. The van der Waals surface area contributed by atoms with Crippen molar-refractivity contribution in [1.29, 1.82) is 0 Å². The molecule has 0 bridgehead atoms. The van der Waals surface area contributed by atoms with E-state index in [1.54, 1.807) is 20.8 Å². The molecular weight excluding hydrogens is 586 g/mol. The largest absolute Gasteiger partial charge is 0.481 e. The van der Waals surface area contributed by atoms with E-state index >= 15 is 0 Å². The van der Waals surface area contributed by atoms with Crippen molar-refractivity contribution >= 4 is 35.6 Å². The minimum Gasteiger partial charge on any atom is -0.481 e. The van der Waals surface area contributed by atoms with Crippen LogP contribution in [0.15, 0.2) is 60.7 Å². The van der Waals surface area contributed by atoms with Crippen molar-refractivity contribution in [2.45, 2.75) is 66.2 Å². The molecule has 0 unspecified atom stereocenters. The molecule has 0 aliphatic heterocycles. The number of ether oxygens (including phenoxy) is 4. The SMILES string of the molecule is COC(=O)[C@H](C)CC(=O)[C@H](C)CC(=O)OCc1ccccc1.COC(=O)[C@H](C)[NH3+].C[C@H](CC(=O)OCc1ccccc1)C(=O)O. The molecule has 0 fully saturated rings. The van der Waals surface area contributed by atoms with Gasteiger partial charge in [0.25, 0.3) is 0 Å². The predicted octanol–water partition coefficient (Wildman–Crippen LogP) is 3.15. The van der Waals surface area contributed by atoms with Crippen LogP contribution >= 0.6 is 0 Å². The van der Waals surface area contributed by atoms with Crippen LogP contribution in [-0.2, 0) is 60.9 Å². The topological polar surface area (TPSA) is 187 Å². The summed E-state index contributed by atoms with van der Waals surface area (Å²) in [7, 11) is 2.64. The molecule has 4 atom stereocenters. The number of carboxylic acids is 1. The first-order chi connectivity index (χ1) is 21.2. The summed E-state index contributed by atoms with van der Waals surface area (Å²) in [6.07, 6.45) is -0.0124. The van der Waals surface area contributed by atoms with Gasteiger partial charge in [-0.05, 0) is 18.1 Å². The first-order valence-corrected chi connectivity index (χ1v) is 14.3. The lowest BCUT2D eigenvalue weighted by atomic mass is 9.94. The Bertz CT molecular complexity index is 1200. The van der Waals surface area contributed by atoms with Crippen molar-refractivity contribution in [1.82, 2.24) is 0 Å². The van der Waals surface area contributed by atoms with E-state index in [9.17, 15) is 28.8 Å². The van der Waals surface area contributed by atoms with Gasteiger partial charge in [-0.15, -0.1) is 0 Å². The molecule has 0 aromatic heterocycles. The lowest BCUT2D eigenvalue weighted by Crippen LogP contribution is -2.63. The van der Waals surface area contributed by atoms with Gasteiger partial charge in [0.15, 0.2) is 6.04 Å². The van der Waals surface area contributed by atoms with Gasteiger partial charge in [-0.1, -0.05) is 81.4 Å². The molecule has 0 heterocycles. The number of methoxy groups -OCH3 is 2. The molecule has 12 nitrogen and oxygen atoms in total. The second-order valence-corrected chi connectivity index (χ2v) is 10.4. The van der Waals surface area contributed by atoms with Crippen LogP contribution < -0.4 is 5.73 Å². The molecule has 0 aliphatic rings. The van der Waals surface area contributed by atoms with E-state index in [-0.39, 0.29) is 50.3 Å². The van der Waals surface area contributed by atoms with Crippen LogP contribution in [0.4, 0.5) is 0 Å². The van der Waals surface area contributed by atoms with Crippen LogP contribution in [0.5, 0.6) is 0 Å². The van der Waals surface area contributed by atoms with E-state index in [1.807, 2.05) is 60.7 Å². The highest BCUT2D eigenvalue weighted by Gasteiger charge is 2.23. The molecule has 0 aliphatic carbocycles. The molecule has 2 aromatic rings. The fourth-order valence-corrected chi connectivity index (χ4v) is 3.28. The number of ketones is 1. The number of carboxylic acid groups (broad SMARTS) is 1. The Morgan fingerprint density at radius 3 is 1.36 bits per heavy atom. The molecule has 0 saturated heterocycles. The summed E-state index contributed by atoms with van der Waals surface area (Å²) >= 11 is 0. The third-order valence-corrected chi connectivity index (χ3v) is 6.12. The van der Waals surface area contributed by atoms with E-state index in [0.717, 1.165) is 11.1 Å². The van der Waals surface area contributed by atoms with Crippen molar-refractivity contribution in [2.24, 2.45) is 17.8 Å². The van der Waals surface area contributed by atoms with Gasteiger partial charge in [-0.2, -0.15) is 0 Å². The molecule has 12 heteroatoms. The number of esters is 4. The number of carbonyl (C=O) groups is 6. The van der Waals surface area contributed by atoms with Gasteiger partial charge in [0.05, 0.1) is 38.9 Å². The molecule has 0 spiro atoms. The fraction of sp³-hybridized carbons (Fsp3) is 0.455. The van der Waals surface area contributed by atoms with Gasteiger partial charge in [-0.25, -0.2) is 4.79 Å². The van der Waals surface area contributed by atoms with Crippen molar-refractivity contribution in [3.63, 3.8) is 0 Å². The average Bonchev–Trinajstić information content (AvgIpc) is 3.03. The van der Waals surface area contributed by atoms with E-state index in [2.05, 4.69) is 15.2 Å². The maximum Gasteiger partial charge on any atom is 0.364 e. The summed E-state index contributed by atoms with van der Waals surface area (Å²) < 4.78 is 19.0. The second-order valence-electron chi connectivity index (χ2n) is 10.4. The smallest absolute Gasteiger partial charge is 0.364 e. The van der Waals surface area contributed by atoms with Crippen molar-refractivity contribution in [3.8, 4) is 0 Å². The predicted molar refractivity (Wildman–Crippen MR) is 163 cm³/mol. The Kier molecular flexibility index (Phi) is 20.6. The first-order valence-electron chi connectivity index (χ1n) is 14.3. The summed E-state index contributed by atoms with van der Waals surface area (Å²) in [5, 5.41) is 8.61. The molecule has 4 N–H and O–H groups in total. The Morgan fingerprint density at radius 2 is 1.02 bits per heavy atom. The quantitative estimate of drug-likeness (QED) is 0.230. The number of quaternary nitrogens is 1. The zero-order valence-corrected chi connectivity index (χ0v) is 26.9. The number of carbonyl (C=O) groups excluding carboxylic acids is 5. The van der Waals surface area contributed by atoms with Gasteiger partial charge >= 0.3 is 29.8 Å². The Hall–Kier alpha value is -4.58. The third kappa shape index (κ3) is 19.3. The summed E-state index contributed by atoms with van der Waals surface area (Å²) in [6.45, 7) is 6.84. The van der Waals surface area contributed by atoms with Crippen LogP contribution in [-0.4, -0.2) is 61.0 Å². The summed E-state index contributed by atoms with van der Waals surface area (Å²) in [4.78, 5) is 67.0. The minimum atomic E-state index is -0.989. The Morgan fingerprint density at radius 1 is 0.622 bits per heavy atom. The lowest BCUT2D eigenvalue weighted by Gasteiger charge is -2.13. The van der Waals surface area contributed by atoms with Crippen LogP contribution in [0.2, 0.25) is 0 Å². The standard InChI is InChI=1S/C17H22O5.C12H14O4.C4H9NO2/c1-12(15(18)9-13(2)17(20)21-3)10-16(19)22-11-14-7-5-4-6-8-14;1-9(12(14)15)7-11(13)16-8-10-5-3-2-4-6-10;1-3(5)4(6)7-2/h4-8,12-13H,9-11H2,1-3H3;2-6,9H,7-8H2,1H3,(H,14,15);3H,5H2,1-2H3/p+1/t12-,13-;9-;3-/m110/s1. The Labute approximate surface area is 264 Å². The van der Waals surface area contributed by atoms with Crippen molar-refractivity contribution in [3.05, 3.63) is 71.8 Å². The third-order valence-electron chi connectivity index (χ3n) is 6.12. The monoisotopic (exact) mass is 632 g/mol. The first kappa shape index (κ1) is 40.4. The normalized spacial score (nSPS) is 12.6. The van der Waals surface area contributed by atoms with E-state index in [4.69, 9.17) is 14.6 Å². The van der Waals surface area contributed by atoms with Crippen LogP contribution in [0.3, 0.4) is 0 Å². The van der Waals surface area contributed by atoms with E-state index in [0.29, 0.717) is 0 Å². The molecule has 45 heavy (non-hydrogen) atoms. The van der Waals surface area contributed by atoms with Gasteiger partial charge in [0.2, 0.25) is 0 Å². The molecule has 0 amide bonds. The summed E-state index contributed by atoms with van der Waals surface area (Å²) in [5.41, 5.74) is 5.22. The van der Waals surface area contributed by atoms with Crippen LogP contribution in [0.1, 0.15) is 58.1 Å². The van der Waals surface area contributed by atoms with Crippen LogP contribution in [0, 0.1) is 17.8 Å². The van der Waals surface area contributed by atoms with Crippen molar-refractivity contribution in [2.75, 3.05) is 14.2 Å². The molecular formula is C33H46NO11+. The zero-order valence-electron chi connectivity index (χ0n) is 26.9. The fourth-order valence-electron chi connectivity index (χ4n) is 3.28. The van der Waals surface area contributed by atoms with Gasteiger partial charge in [0, 0.05) is 12.3 Å². The van der Waals surface area contributed by atoms with Crippen LogP contribution in [0.25, 0.3) is 0 Å². The number of hydrogen-bond donors (Lipinski definition) is 2. The maximum absolute atomic E-state index is 12.0. The molecule has 2 rings (SSSR count). The molecule has 0 radical (unpaired) electrons. The highest BCUT2D eigenvalue weighted by molar-refractivity contribution is 5.88. The molecule has 0 saturated carbocycles.